The van der Waals surface area contributed by atoms with Crippen molar-refractivity contribution in [1.82, 2.24) is 5.01 Å². The summed E-state index contributed by atoms with van der Waals surface area (Å²) in [5.74, 6) is 1.06. The highest BCUT2D eigenvalue weighted by atomic mass is 16.3. The number of hydrazone groups is 1. The van der Waals surface area contributed by atoms with Gasteiger partial charge in [0.25, 0.3) is 5.91 Å². The van der Waals surface area contributed by atoms with Crippen LogP contribution in [-0.4, -0.2) is 52.6 Å². The van der Waals surface area contributed by atoms with Crippen LogP contribution in [0.4, 0.5) is 11.4 Å². The summed E-state index contributed by atoms with van der Waals surface area (Å²) in [4.78, 5) is 44.6. The predicted molar refractivity (Wildman–Crippen MR) is 211 cm³/mol. The maximum absolute atomic E-state index is 14.3. The molecule has 0 saturated heterocycles. The van der Waals surface area contributed by atoms with Crippen molar-refractivity contribution in [3.63, 3.8) is 0 Å². The number of hydrogen-bond donors (Lipinski definition) is 2. The molecule has 4 aliphatic carbocycles. The number of carbonyl (C=O) groups is 3. The Morgan fingerprint density at radius 2 is 1.52 bits per heavy atom. The zero-order valence-electron chi connectivity index (χ0n) is 32.9. The van der Waals surface area contributed by atoms with E-state index >= 15 is 0 Å². The van der Waals surface area contributed by atoms with Gasteiger partial charge in [-0.25, -0.2) is 5.01 Å². The van der Waals surface area contributed by atoms with Crippen LogP contribution in [0.15, 0.2) is 40.2 Å². The first-order chi connectivity index (χ1) is 24.9. The number of allylic oxidation sites excluding steroid dienone is 2. The number of carbonyl (C=O) groups excluding carboxylic acids is 3. The van der Waals surface area contributed by atoms with E-state index in [2.05, 4.69) is 24.1 Å². The number of anilines is 2. The first-order valence-electron chi connectivity index (χ1n) is 20.7. The molecule has 8 heteroatoms. The van der Waals surface area contributed by atoms with Crippen LogP contribution in [0.3, 0.4) is 0 Å². The number of amides is 2. The van der Waals surface area contributed by atoms with E-state index in [1.165, 1.54) is 64.2 Å². The normalized spacial score (nSPS) is 22.5. The summed E-state index contributed by atoms with van der Waals surface area (Å²) in [7, 11) is 0. The van der Waals surface area contributed by atoms with Crippen molar-refractivity contribution in [2.45, 2.75) is 150 Å². The van der Waals surface area contributed by atoms with E-state index in [4.69, 9.17) is 5.10 Å². The fourth-order valence-electron chi connectivity index (χ4n) is 9.54. The number of nitrogens with one attached hydrogen (secondary N) is 1. The second-order valence-electron chi connectivity index (χ2n) is 17.6. The van der Waals surface area contributed by atoms with Gasteiger partial charge in [0.15, 0.2) is 0 Å². The van der Waals surface area contributed by atoms with Gasteiger partial charge in [-0.1, -0.05) is 98.8 Å². The van der Waals surface area contributed by atoms with Crippen molar-refractivity contribution in [2.75, 3.05) is 23.3 Å². The first-order valence-corrected chi connectivity index (χ1v) is 20.7. The van der Waals surface area contributed by atoms with E-state index < -0.39 is 5.41 Å². The Hall–Kier alpha value is -3.42. The van der Waals surface area contributed by atoms with E-state index in [1.807, 2.05) is 39.0 Å². The minimum atomic E-state index is -0.624. The minimum absolute atomic E-state index is 0.0284. The number of aliphatic hydroxyl groups is 1. The zero-order valence-corrected chi connectivity index (χ0v) is 32.9. The second-order valence-corrected chi connectivity index (χ2v) is 17.6. The third-order valence-electron chi connectivity index (χ3n) is 13.0. The molecule has 5 aliphatic rings. The summed E-state index contributed by atoms with van der Waals surface area (Å²) in [5.41, 5.74) is 2.29. The molecular formula is C44H64N4O4. The molecule has 0 aromatic heterocycles. The minimum Gasteiger partial charge on any atom is -0.506 e. The molecule has 1 aromatic rings. The molecule has 8 nitrogen and oxygen atoms in total. The summed E-state index contributed by atoms with van der Waals surface area (Å²) in [6, 6.07) is 5.88. The lowest BCUT2D eigenvalue weighted by Crippen LogP contribution is -2.46. The van der Waals surface area contributed by atoms with Crippen LogP contribution in [0.25, 0.3) is 5.57 Å². The lowest BCUT2D eigenvalue weighted by atomic mass is 9.73. The van der Waals surface area contributed by atoms with Gasteiger partial charge in [0, 0.05) is 29.8 Å². The lowest BCUT2D eigenvalue weighted by molar-refractivity contribution is -0.131. The Bertz CT molecular complexity index is 1580. The number of ketones is 1. The van der Waals surface area contributed by atoms with Crippen LogP contribution >= 0.6 is 0 Å². The molecule has 3 fully saturated rings. The molecule has 1 aromatic carbocycles. The molecule has 1 heterocycles. The Labute approximate surface area is 312 Å². The smallest absolute Gasteiger partial charge is 0.277 e. The van der Waals surface area contributed by atoms with Crippen LogP contribution < -0.4 is 10.2 Å². The van der Waals surface area contributed by atoms with Crippen LogP contribution in [0.5, 0.6) is 0 Å². The summed E-state index contributed by atoms with van der Waals surface area (Å²) in [6.07, 6.45) is 18.6. The monoisotopic (exact) mass is 712 g/mol. The first kappa shape index (κ1) is 38.3. The van der Waals surface area contributed by atoms with Gasteiger partial charge in [-0.15, -0.1) is 0 Å². The van der Waals surface area contributed by atoms with Gasteiger partial charge in [0.1, 0.15) is 5.76 Å². The quantitative estimate of drug-likeness (QED) is 0.198. The summed E-state index contributed by atoms with van der Waals surface area (Å²) >= 11 is 0. The molecule has 0 atom stereocenters. The third-order valence-corrected chi connectivity index (χ3v) is 13.0. The number of aliphatic hydroxyl groups excluding tert-OH is 1. The van der Waals surface area contributed by atoms with E-state index in [0.29, 0.717) is 41.1 Å². The highest BCUT2D eigenvalue weighted by Crippen LogP contribution is 2.46. The number of benzene rings is 1. The summed E-state index contributed by atoms with van der Waals surface area (Å²) < 4.78 is 0. The molecule has 52 heavy (non-hydrogen) atoms. The van der Waals surface area contributed by atoms with Crippen molar-refractivity contribution in [1.29, 1.82) is 0 Å². The van der Waals surface area contributed by atoms with Gasteiger partial charge in [0.05, 0.1) is 34.2 Å². The molecule has 0 bridgehead atoms. The third kappa shape index (κ3) is 7.91. The van der Waals surface area contributed by atoms with Crippen LogP contribution in [-0.2, 0) is 14.4 Å². The molecule has 0 radical (unpaired) electrons. The average molecular weight is 713 g/mol. The largest absolute Gasteiger partial charge is 0.506 e. The van der Waals surface area contributed by atoms with Crippen molar-refractivity contribution < 1.29 is 19.5 Å². The van der Waals surface area contributed by atoms with E-state index in [-0.39, 0.29) is 46.1 Å². The van der Waals surface area contributed by atoms with Gasteiger partial charge in [-0.3, -0.25) is 14.4 Å². The van der Waals surface area contributed by atoms with Gasteiger partial charge in [-0.05, 0) is 87.3 Å². The molecule has 2 N–H and O–H groups in total. The molecule has 0 unspecified atom stereocenters. The lowest BCUT2D eigenvalue weighted by Gasteiger charge is -2.41. The number of nitrogens with zero attached hydrogens (tertiary/aromatic N) is 3. The van der Waals surface area contributed by atoms with Gasteiger partial charge < -0.3 is 15.3 Å². The van der Waals surface area contributed by atoms with Crippen molar-refractivity contribution in [3.05, 3.63) is 40.7 Å². The van der Waals surface area contributed by atoms with E-state index in [0.717, 1.165) is 56.8 Å². The highest BCUT2D eigenvalue weighted by Gasteiger charge is 2.47. The molecule has 1 aliphatic heterocycles. The van der Waals surface area contributed by atoms with Crippen molar-refractivity contribution in [3.8, 4) is 0 Å². The Balaban J connectivity index is 1.34. The van der Waals surface area contributed by atoms with Crippen LogP contribution in [0.2, 0.25) is 0 Å². The van der Waals surface area contributed by atoms with E-state index in [1.54, 1.807) is 11.9 Å². The molecule has 284 valence electrons. The Kier molecular flexibility index (Phi) is 12.0. The Morgan fingerprint density at radius 3 is 2.08 bits per heavy atom. The maximum atomic E-state index is 14.3. The summed E-state index contributed by atoms with van der Waals surface area (Å²) in [6.45, 7) is 13.9. The number of hydrogen-bond acceptors (Lipinski definition) is 6. The highest BCUT2D eigenvalue weighted by molar-refractivity contribution is 6.44. The van der Waals surface area contributed by atoms with E-state index in [9.17, 15) is 19.5 Å². The van der Waals surface area contributed by atoms with Gasteiger partial charge in [-0.2, -0.15) is 5.10 Å². The predicted octanol–water partition coefficient (Wildman–Crippen LogP) is 10.00. The van der Waals surface area contributed by atoms with Crippen molar-refractivity contribution >= 4 is 40.3 Å². The zero-order chi connectivity index (χ0) is 37.2. The standard InChI is InChI=1S/C44H64N4O4/c1-7-44(5,6)43(52)45-35-26-33(47(27-28(2)3)25-24-30-16-14-15-17-30)22-23-34(35)37-40(49)38(41(37)50)36-29(4)46-48(42(36)51)39(31-18-10-8-11-19-31)32-20-12-9-13-21-32/h22-23,26,28,30-32,39,49H,7-21,24-25,27H2,1-6H3,(H,45,52). The van der Waals surface area contributed by atoms with Crippen LogP contribution in [0.1, 0.15) is 150 Å². The van der Waals surface area contributed by atoms with Gasteiger partial charge >= 0.3 is 0 Å². The SMILES string of the molecule is CCC(C)(C)C(=O)Nc1cc(N(CCC2CCCC2)CC(C)C)ccc1C1=C(O)C(=C2C(=O)N(C(C3CCCCC3)C3CCCCC3)N=C2C)C1=O. The molecule has 0 spiro atoms. The fourth-order valence-corrected chi connectivity index (χ4v) is 9.54. The fraction of sp³-hybridized carbons (Fsp3) is 0.682. The second kappa shape index (κ2) is 16.3. The van der Waals surface area contributed by atoms with Gasteiger partial charge in [0.2, 0.25) is 11.7 Å². The van der Waals surface area contributed by atoms with Crippen molar-refractivity contribution in [2.24, 2.45) is 34.2 Å². The molecule has 3 saturated carbocycles. The Morgan fingerprint density at radius 1 is 0.923 bits per heavy atom. The van der Waals surface area contributed by atoms with Crippen LogP contribution in [0, 0.1) is 29.1 Å². The average Bonchev–Trinajstić information content (AvgIpc) is 3.76. The molecular weight excluding hydrogens is 649 g/mol. The summed E-state index contributed by atoms with van der Waals surface area (Å²) in [5, 5.41) is 21.5. The molecule has 6 rings (SSSR count). The number of Topliss-reactive ketones (excluding diaryl/α,β-unsaturated/α-hetero) is 1. The number of rotatable bonds is 13. The maximum Gasteiger partial charge on any atom is 0.277 e. The topological polar surface area (TPSA) is 102 Å². The molecule has 2 amide bonds.